The standard InChI is InChI=1S/C12H16BrNOS/c1-8(2)12(4-5-14-7-12)11(15)10-9(13)3-6-16-10/h3,6,8,14H,4-5,7H2,1-2H3. The van der Waals surface area contributed by atoms with Crippen LogP contribution in [-0.4, -0.2) is 18.9 Å². The molecule has 0 saturated carbocycles. The highest BCUT2D eigenvalue weighted by molar-refractivity contribution is 9.10. The minimum absolute atomic E-state index is 0.201. The molecule has 1 saturated heterocycles. The molecular weight excluding hydrogens is 286 g/mol. The first-order chi connectivity index (χ1) is 7.58. The molecule has 0 bridgehead atoms. The summed E-state index contributed by atoms with van der Waals surface area (Å²) >= 11 is 4.99. The lowest BCUT2D eigenvalue weighted by Gasteiger charge is -2.30. The number of hydrogen-bond donors (Lipinski definition) is 1. The number of Topliss-reactive ketones (excluding diaryl/α,β-unsaturated/α-hetero) is 1. The molecule has 4 heteroatoms. The van der Waals surface area contributed by atoms with Crippen LogP contribution in [0, 0.1) is 11.3 Å². The summed E-state index contributed by atoms with van der Waals surface area (Å²) in [4.78, 5) is 13.5. The zero-order valence-corrected chi connectivity index (χ0v) is 12.0. The molecule has 2 heterocycles. The van der Waals surface area contributed by atoms with E-state index >= 15 is 0 Å². The molecule has 0 radical (unpaired) electrons. The highest BCUT2D eigenvalue weighted by atomic mass is 79.9. The molecule has 1 aromatic rings. The van der Waals surface area contributed by atoms with E-state index in [1.54, 1.807) is 0 Å². The van der Waals surface area contributed by atoms with Gasteiger partial charge in [-0.05, 0) is 46.3 Å². The van der Waals surface area contributed by atoms with Crippen molar-refractivity contribution in [2.24, 2.45) is 11.3 Å². The van der Waals surface area contributed by atoms with Gasteiger partial charge in [0.1, 0.15) is 0 Å². The second kappa shape index (κ2) is 4.59. The van der Waals surface area contributed by atoms with E-state index in [9.17, 15) is 4.79 Å². The highest BCUT2D eigenvalue weighted by Crippen LogP contribution is 2.40. The minimum atomic E-state index is -0.201. The molecule has 1 aliphatic rings. The largest absolute Gasteiger partial charge is 0.316 e. The minimum Gasteiger partial charge on any atom is -0.316 e. The predicted molar refractivity (Wildman–Crippen MR) is 71.1 cm³/mol. The first-order valence-corrected chi connectivity index (χ1v) is 7.24. The van der Waals surface area contributed by atoms with Crippen LogP contribution < -0.4 is 5.32 Å². The summed E-state index contributed by atoms with van der Waals surface area (Å²) in [5.74, 6) is 0.679. The summed E-state index contributed by atoms with van der Waals surface area (Å²) in [6.07, 6.45) is 0.952. The van der Waals surface area contributed by atoms with Gasteiger partial charge in [-0.25, -0.2) is 0 Å². The summed E-state index contributed by atoms with van der Waals surface area (Å²) in [6.45, 7) is 6.06. The summed E-state index contributed by atoms with van der Waals surface area (Å²) in [7, 11) is 0. The van der Waals surface area contributed by atoms with Gasteiger partial charge in [0.25, 0.3) is 0 Å². The van der Waals surface area contributed by atoms with Crippen LogP contribution in [0.15, 0.2) is 15.9 Å². The molecule has 1 aliphatic heterocycles. The summed E-state index contributed by atoms with van der Waals surface area (Å²) in [6, 6.07) is 1.95. The molecule has 16 heavy (non-hydrogen) atoms. The third-order valence-corrected chi connectivity index (χ3v) is 5.41. The smallest absolute Gasteiger partial charge is 0.181 e. The lowest BCUT2D eigenvalue weighted by Crippen LogP contribution is -2.38. The van der Waals surface area contributed by atoms with Crippen molar-refractivity contribution in [3.8, 4) is 0 Å². The highest BCUT2D eigenvalue weighted by Gasteiger charge is 2.44. The number of nitrogens with one attached hydrogen (secondary N) is 1. The van der Waals surface area contributed by atoms with Crippen molar-refractivity contribution < 1.29 is 4.79 Å². The Bertz CT molecular complexity index is 393. The van der Waals surface area contributed by atoms with Crippen molar-refractivity contribution in [2.45, 2.75) is 20.3 Å². The van der Waals surface area contributed by atoms with E-state index in [2.05, 4.69) is 35.1 Å². The molecule has 0 aromatic carbocycles. The van der Waals surface area contributed by atoms with Gasteiger partial charge in [-0.2, -0.15) is 0 Å². The maximum absolute atomic E-state index is 12.6. The van der Waals surface area contributed by atoms with Gasteiger partial charge in [0.2, 0.25) is 0 Å². The van der Waals surface area contributed by atoms with Gasteiger partial charge in [-0.3, -0.25) is 4.79 Å². The molecule has 0 amide bonds. The van der Waals surface area contributed by atoms with Crippen LogP contribution in [0.1, 0.15) is 29.9 Å². The van der Waals surface area contributed by atoms with Crippen LogP contribution in [-0.2, 0) is 0 Å². The van der Waals surface area contributed by atoms with E-state index in [-0.39, 0.29) is 5.41 Å². The van der Waals surface area contributed by atoms with Gasteiger partial charge in [0, 0.05) is 11.0 Å². The Labute approximate surface area is 109 Å². The fourth-order valence-corrected chi connectivity index (χ4v) is 3.94. The van der Waals surface area contributed by atoms with Gasteiger partial charge in [0.05, 0.1) is 10.3 Å². The zero-order chi connectivity index (χ0) is 11.8. The number of thiophene rings is 1. The number of halogens is 1. The van der Waals surface area contributed by atoms with Crippen molar-refractivity contribution in [3.05, 3.63) is 20.8 Å². The Morgan fingerprint density at radius 1 is 1.62 bits per heavy atom. The van der Waals surface area contributed by atoms with E-state index in [4.69, 9.17) is 0 Å². The number of ketones is 1. The number of hydrogen-bond acceptors (Lipinski definition) is 3. The number of rotatable bonds is 3. The van der Waals surface area contributed by atoms with Crippen LogP contribution in [0.4, 0.5) is 0 Å². The van der Waals surface area contributed by atoms with E-state index < -0.39 is 0 Å². The molecule has 1 unspecified atom stereocenters. The van der Waals surface area contributed by atoms with Crippen LogP contribution in [0.25, 0.3) is 0 Å². The van der Waals surface area contributed by atoms with Crippen LogP contribution >= 0.6 is 27.3 Å². The fraction of sp³-hybridized carbons (Fsp3) is 0.583. The van der Waals surface area contributed by atoms with E-state index in [0.29, 0.717) is 11.7 Å². The Hall–Kier alpha value is -0.190. The summed E-state index contributed by atoms with van der Waals surface area (Å²) in [5.41, 5.74) is -0.201. The number of carbonyl (C=O) groups is 1. The second-order valence-electron chi connectivity index (χ2n) is 4.66. The number of carbonyl (C=O) groups excluding carboxylic acids is 1. The van der Waals surface area contributed by atoms with E-state index in [1.807, 2.05) is 11.4 Å². The van der Waals surface area contributed by atoms with Crippen LogP contribution in [0.3, 0.4) is 0 Å². The van der Waals surface area contributed by atoms with Gasteiger partial charge in [-0.15, -0.1) is 11.3 Å². The molecule has 1 aromatic heterocycles. The van der Waals surface area contributed by atoms with Crippen molar-refractivity contribution in [1.82, 2.24) is 5.32 Å². The normalized spacial score (nSPS) is 25.2. The Kier molecular flexibility index (Phi) is 3.52. The molecule has 2 nitrogen and oxygen atoms in total. The van der Waals surface area contributed by atoms with Gasteiger partial charge in [-0.1, -0.05) is 13.8 Å². The Morgan fingerprint density at radius 3 is 2.81 bits per heavy atom. The SMILES string of the molecule is CC(C)C1(C(=O)c2sccc2Br)CCNC1. The molecule has 2 rings (SSSR count). The first kappa shape index (κ1) is 12.3. The molecule has 0 spiro atoms. The second-order valence-corrected chi connectivity index (χ2v) is 6.43. The van der Waals surface area contributed by atoms with Gasteiger partial charge < -0.3 is 5.32 Å². The van der Waals surface area contributed by atoms with Crippen LogP contribution in [0.2, 0.25) is 0 Å². The third-order valence-electron chi connectivity index (χ3n) is 3.57. The van der Waals surface area contributed by atoms with Crippen molar-refractivity contribution >= 4 is 33.0 Å². The average molecular weight is 302 g/mol. The fourth-order valence-electron chi connectivity index (χ4n) is 2.34. The molecule has 0 aliphatic carbocycles. The van der Waals surface area contributed by atoms with Crippen LogP contribution in [0.5, 0.6) is 0 Å². The average Bonchev–Trinajstić information content (AvgIpc) is 2.85. The van der Waals surface area contributed by atoms with Crippen molar-refractivity contribution in [1.29, 1.82) is 0 Å². The monoisotopic (exact) mass is 301 g/mol. The molecular formula is C12H16BrNOS. The van der Waals surface area contributed by atoms with E-state index in [1.165, 1.54) is 11.3 Å². The van der Waals surface area contributed by atoms with Gasteiger partial charge in [0.15, 0.2) is 5.78 Å². The topological polar surface area (TPSA) is 29.1 Å². The predicted octanol–water partition coefficient (Wildman–Crippen LogP) is 3.33. The Balaban J connectivity index is 2.35. The zero-order valence-electron chi connectivity index (χ0n) is 9.55. The Morgan fingerprint density at radius 2 is 2.38 bits per heavy atom. The maximum atomic E-state index is 12.6. The van der Waals surface area contributed by atoms with Gasteiger partial charge >= 0.3 is 0 Å². The quantitative estimate of drug-likeness (QED) is 0.868. The molecule has 1 atom stereocenters. The lowest BCUT2D eigenvalue weighted by atomic mass is 9.72. The first-order valence-electron chi connectivity index (χ1n) is 5.56. The lowest BCUT2D eigenvalue weighted by molar-refractivity contribution is 0.0744. The maximum Gasteiger partial charge on any atom is 0.181 e. The van der Waals surface area contributed by atoms with Crippen molar-refractivity contribution in [3.63, 3.8) is 0 Å². The van der Waals surface area contributed by atoms with Crippen molar-refractivity contribution in [2.75, 3.05) is 13.1 Å². The molecule has 88 valence electrons. The van der Waals surface area contributed by atoms with E-state index in [0.717, 1.165) is 28.9 Å². The molecule has 1 N–H and O–H groups in total. The summed E-state index contributed by atoms with van der Waals surface area (Å²) in [5, 5.41) is 5.29. The third kappa shape index (κ3) is 1.87. The molecule has 1 fully saturated rings. The summed E-state index contributed by atoms with van der Waals surface area (Å²) < 4.78 is 0.939.